The molecule has 0 aliphatic carbocycles. The van der Waals surface area contributed by atoms with Crippen LogP contribution in [-0.2, 0) is 11.2 Å². The monoisotopic (exact) mass is 315 g/mol. The Balaban J connectivity index is 2.18. The molecular weight excluding hydrogens is 297 g/mol. The Kier molecular flexibility index (Phi) is 5.66. The van der Waals surface area contributed by atoms with Crippen molar-refractivity contribution in [2.75, 3.05) is 31.5 Å². The van der Waals surface area contributed by atoms with Crippen LogP contribution < -0.4 is 10.6 Å². The summed E-state index contributed by atoms with van der Waals surface area (Å²) in [4.78, 5) is 13.5. The topological polar surface area (TPSA) is 44.4 Å². The fraction of sp³-hybridized carbons (Fsp3) is 0.500. The molecule has 0 saturated carbocycles. The van der Waals surface area contributed by atoms with E-state index in [1.54, 1.807) is 6.07 Å². The van der Waals surface area contributed by atoms with Crippen molar-refractivity contribution >= 4 is 35.2 Å². The van der Waals surface area contributed by atoms with Gasteiger partial charge in [0.25, 0.3) is 0 Å². The minimum Gasteiger partial charge on any atom is -0.363 e. The molecule has 20 heavy (non-hydrogen) atoms. The van der Waals surface area contributed by atoms with Gasteiger partial charge in [0.2, 0.25) is 0 Å². The van der Waals surface area contributed by atoms with Crippen LogP contribution in [0.3, 0.4) is 0 Å². The van der Waals surface area contributed by atoms with Crippen LogP contribution in [0.15, 0.2) is 12.1 Å². The number of piperazine rings is 1. The summed E-state index contributed by atoms with van der Waals surface area (Å²) in [5.74, 6) is 0. The average molecular weight is 316 g/mol. The number of carbonyl (C=O) groups excluding carboxylic acids is 1. The molecule has 0 spiro atoms. The molecule has 1 saturated heterocycles. The predicted molar refractivity (Wildman–Crippen MR) is 83.8 cm³/mol. The summed E-state index contributed by atoms with van der Waals surface area (Å²) >= 11 is 12.1. The third-order valence-corrected chi connectivity index (χ3v) is 4.23. The quantitative estimate of drug-likeness (QED) is 0.819. The largest absolute Gasteiger partial charge is 0.363 e. The molecule has 1 unspecified atom stereocenters. The Hall–Kier alpha value is -0.810. The SMILES string of the molecule is CCc1cc(Cl)c(Cl)cc1NC(C=O)N1CCNCC1. The Morgan fingerprint density at radius 2 is 2.00 bits per heavy atom. The Morgan fingerprint density at radius 3 is 2.60 bits per heavy atom. The Morgan fingerprint density at radius 1 is 1.35 bits per heavy atom. The van der Waals surface area contributed by atoms with E-state index in [0.29, 0.717) is 10.0 Å². The first-order chi connectivity index (χ1) is 9.65. The summed E-state index contributed by atoms with van der Waals surface area (Å²) in [6, 6.07) is 3.65. The van der Waals surface area contributed by atoms with Crippen molar-refractivity contribution in [1.29, 1.82) is 0 Å². The maximum Gasteiger partial charge on any atom is 0.157 e. The van der Waals surface area contributed by atoms with Crippen LogP contribution >= 0.6 is 23.2 Å². The van der Waals surface area contributed by atoms with E-state index in [-0.39, 0.29) is 6.17 Å². The van der Waals surface area contributed by atoms with Gasteiger partial charge < -0.3 is 10.6 Å². The van der Waals surface area contributed by atoms with Crippen LogP contribution in [0.4, 0.5) is 5.69 Å². The van der Waals surface area contributed by atoms with Crippen LogP contribution in [-0.4, -0.2) is 43.5 Å². The summed E-state index contributed by atoms with van der Waals surface area (Å²) in [5.41, 5.74) is 1.93. The maximum atomic E-state index is 11.4. The number of halogens is 2. The van der Waals surface area contributed by atoms with E-state index in [9.17, 15) is 4.79 Å². The molecule has 0 aromatic heterocycles. The lowest BCUT2D eigenvalue weighted by Crippen LogP contribution is -2.51. The Labute approximate surface area is 129 Å². The first-order valence-corrected chi connectivity index (χ1v) is 7.55. The number of aldehydes is 1. The van der Waals surface area contributed by atoms with Crippen molar-refractivity contribution in [3.8, 4) is 0 Å². The van der Waals surface area contributed by atoms with Gasteiger partial charge in [0, 0.05) is 31.9 Å². The number of rotatable bonds is 5. The molecule has 0 amide bonds. The number of carbonyl (C=O) groups is 1. The van der Waals surface area contributed by atoms with Crippen LogP contribution in [0, 0.1) is 0 Å². The first-order valence-electron chi connectivity index (χ1n) is 6.80. The third-order valence-electron chi connectivity index (χ3n) is 3.50. The van der Waals surface area contributed by atoms with E-state index >= 15 is 0 Å². The van der Waals surface area contributed by atoms with Crippen molar-refractivity contribution in [1.82, 2.24) is 10.2 Å². The number of aryl methyl sites for hydroxylation is 1. The molecule has 1 heterocycles. The molecular formula is C14H19Cl2N3O. The van der Waals surface area contributed by atoms with Crippen LogP contribution in [0.25, 0.3) is 0 Å². The van der Waals surface area contributed by atoms with Gasteiger partial charge in [0.1, 0.15) is 6.17 Å². The van der Waals surface area contributed by atoms with Crippen LogP contribution in [0.2, 0.25) is 10.0 Å². The lowest BCUT2D eigenvalue weighted by atomic mass is 10.1. The predicted octanol–water partition coefficient (Wildman–Crippen LogP) is 2.40. The molecule has 1 fully saturated rings. The summed E-state index contributed by atoms with van der Waals surface area (Å²) in [5, 5.41) is 7.58. The minimum atomic E-state index is -0.334. The first kappa shape index (κ1) is 15.6. The number of nitrogens with one attached hydrogen (secondary N) is 2. The molecule has 1 aliphatic heterocycles. The van der Waals surface area contributed by atoms with Gasteiger partial charge in [-0.3, -0.25) is 9.69 Å². The fourth-order valence-electron chi connectivity index (χ4n) is 2.35. The van der Waals surface area contributed by atoms with Crippen molar-refractivity contribution in [2.45, 2.75) is 19.5 Å². The molecule has 110 valence electrons. The van der Waals surface area contributed by atoms with Crippen molar-refractivity contribution < 1.29 is 4.79 Å². The highest BCUT2D eigenvalue weighted by molar-refractivity contribution is 6.42. The zero-order valence-corrected chi connectivity index (χ0v) is 13.0. The van der Waals surface area contributed by atoms with E-state index in [1.165, 1.54) is 0 Å². The zero-order valence-electron chi connectivity index (χ0n) is 11.5. The van der Waals surface area contributed by atoms with E-state index in [2.05, 4.69) is 15.5 Å². The van der Waals surface area contributed by atoms with Gasteiger partial charge in [-0.2, -0.15) is 0 Å². The second kappa shape index (κ2) is 7.27. The lowest BCUT2D eigenvalue weighted by molar-refractivity contribution is -0.111. The molecule has 2 N–H and O–H groups in total. The molecule has 1 aromatic rings. The smallest absolute Gasteiger partial charge is 0.157 e. The molecule has 2 rings (SSSR count). The zero-order chi connectivity index (χ0) is 14.5. The third kappa shape index (κ3) is 3.64. The number of hydrogen-bond acceptors (Lipinski definition) is 4. The van der Waals surface area contributed by atoms with Gasteiger partial charge in [0.05, 0.1) is 10.0 Å². The van der Waals surface area contributed by atoms with Gasteiger partial charge >= 0.3 is 0 Å². The summed E-state index contributed by atoms with van der Waals surface area (Å²) in [6.07, 6.45) is 1.43. The molecule has 4 nitrogen and oxygen atoms in total. The molecule has 6 heteroatoms. The molecule has 0 bridgehead atoms. The van der Waals surface area contributed by atoms with Gasteiger partial charge in [-0.1, -0.05) is 30.1 Å². The number of benzene rings is 1. The summed E-state index contributed by atoms with van der Waals surface area (Å²) in [6.45, 7) is 5.53. The van der Waals surface area contributed by atoms with Gasteiger partial charge in [0.15, 0.2) is 6.29 Å². The van der Waals surface area contributed by atoms with Gasteiger partial charge in [-0.15, -0.1) is 0 Å². The van der Waals surface area contributed by atoms with E-state index in [1.807, 2.05) is 13.0 Å². The second-order valence-corrected chi connectivity index (χ2v) is 5.60. The highest BCUT2D eigenvalue weighted by atomic mass is 35.5. The average Bonchev–Trinajstić information content (AvgIpc) is 2.48. The summed E-state index contributed by atoms with van der Waals surface area (Å²) < 4.78 is 0. The van der Waals surface area contributed by atoms with E-state index < -0.39 is 0 Å². The van der Waals surface area contributed by atoms with Gasteiger partial charge in [-0.25, -0.2) is 0 Å². The van der Waals surface area contributed by atoms with E-state index in [0.717, 1.165) is 50.1 Å². The standard InChI is InChI=1S/C14H19Cl2N3O/c1-2-10-7-11(15)12(16)8-13(10)18-14(9-20)19-5-3-17-4-6-19/h7-9,14,17-18H,2-6H2,1H3. The van der Waals surface area contributed by atoms with Crippen molar-refractivity contribution in [3.05, 3.63) is 27.7 Å². The lowest BCUT2D eigenvalue weighted by Gasteiger charge is -2.33. The molecule has 0 radical (unpaired) electrons. The number of nitrogens with zero attached hydrogens (tertiary/aromatic N) is 1. The fourth-order valence-corrected chi connectivity index (χ4v) is 2.70. The highest BCUT2D eigenvalue weighted by Gasteiger charge is 2.20. The van der Waals surface area contributed by atoms with Crippen molar-refractivity contribution in [2.24, 2.45) is 0 Å². The highest BCUT2D eigenvalue weighted by Crippen LogP contribution is 2.30. The maximum absolute atomic E-state index is 11.4. The normalized spacial score (nSPS) is 17.8. The van der Waals surface area contributed by atoms with Crippen LogP contribution in [0.5, 0.6) is 0 Å². The number of hydrogen-bond donors (Lipinski definition) is 2. The van der Waals surface area contributed by atoms with Gasteiger partial charge in [-0.05, 0) is 24.1 Å². The summed E-state index contributed by atoms with van der Waals surface area (Å²) in [7, 11) is 0. The second-order valence-electron chi connectivity index (χ2n) is 4.79. The Bertz CT molecular complexity index is 476. The molecule has 1 aliphatic rings. The molecule has 1 atom stereocenters. The van der Waals surface area contributed by atoms with Crippen molar-refractivity contribution in [3.63, 3.8) is 0 Å². The minimum absolute atomic E-state index is 0.334. The number of anilines is 1. The van der Waals surface area contributed by atoms with E-state index in [4.69, 9.17) is 23.2 Å². The molecule has 1 aromatic carbocycles. The van der Waals surface area contributed by atoms with Crippen LogP contribution in [0.1, 0.15) is 12.5 Å².